The highest BCUT2D eigenvalue weighted by Crippen LogP contribution is 2.16. The summed E-state index contributed by atoms with van der Waals surface area (Å²) in [7, 11) is 0. The molecule has 0 radical (unpaired) electrons. The van der Waals surface area contributed by atoms with Crippen LogP contribution < -0.4 is 11.1 Å². The van der Waals surface area contributed by atoms with E-state index in [1.54, 1.807) is 0 Å². The topological polar surface area (TPSA) is 77.0 Å². The lowest BCUT2D eigenvalue weighted by atomic mass is 10.0. The maximum absolute atomic E-state index is 5.65. The number of anilines is 1. The number of hydrogen-bond acceptors (Lipinski definition) is 5. The van der Waals surface area contributed by atoms with Crippen LogP contribution in [0.15, 0.2) is 34.7 Å². The molecule has 0 amide bonds. The fraction of sp³-hybridized carbons (Fsp3) is 0.385. The van der Waals surface area contributed by atoms with Gasteiger partial charge in [-0.05, 0) is 18.4 Å². The van der Waals surface area contributed by atoms with E-state index in [2.05, 4.69) is 34.6 Å². The average Bonchev–Trinajstić information content (AvgIpc) is 2.86. The van der Waals surface area contributed by atoms with Crippen molar-refractivity contribution in [2.45, 2.75) is 25.8 Å². The largest absolute Gasteiger partial charge is 0.406 e. The standard InChI is InChI=1S/C13H18N4O/c1-9(11-6-4-3-5-7-11)8-15-13-17-16-12(18-13)10(2)14/h3-7,9-10H,8,14H2,1-2H3,(H,15,17). The van der Waals surface area contributed by atoms with Gasteiger partial charge in [-0.15, -0.1) is 5.10 Å². The number of rotatable bonds is 5. The highest BCUT2D eigenvalue weighted by molar-refractivity contribution is 5.23. The minimum absolute atomic E-state index is 0.236. The minimum atomic E-state index is -0.236. The summed E-state index contributed by atoms with van der Waals surface area (Å²) in [5, 5.41) is 10.9. The molecule has 96 valence electrons. The molecule has 2 atom stereocenters. The van der Waals surface area contributed by atoms with Crippen molar-refractivity contribution < 1.29 is 4.42 Å². The Hall–Kier alpha value is -1.88. The second-order valence-corrected chi connectivity index (χ2v) is 4.43. The van der Waals surface area contributed by atoms with Crippen LogP contribution in [-0.4, -0.2) is 16.7 Å². The van der Waals surface area contributed by atoms with Crippen molar-refractivity contribution in [2.24, 2.45) is 5.73 Å². The molecule has 0 fully saturated rings. The van der Waals surface area contributed by atoms with Crippen molar-refractivity contribution in [3.8, 4) is 0 Å². The minimum Gasteiger partial charge on any atom is -0.406 e. The van der Waals surface area contributed by atoms with Crippen molar-refractivity contribution in [2.75, 3.05) is 11.9 Å². The molecule has 18 heavy (non-hydrogen) atoms. The first-order valence-electron chi connectivity index (χ1n) is 6.04. The molecule has 0 saturated heterocycles. The third kappa shape index (κ3) is 3.07. The molecule has 1 aromatic heterocycles. The van der Waals surface area contributed by atoms with E-state index in [0.29, 0.717) is 17.8 Å². The molecule has 3 N–H and O–H groups in total. The molecule has 0 bridgehead atoms. The SMILES string of the molecule is CC(N)c1nnc(NCC(C)c2ccccc2)o1. The number of aromatic nitrogens is 2. The molecular formula is C13H18N4O. The van der Waals surface area contributed by atoms with Crippen molar-refractivity contribution in [3.63, 3.8) is 0 Å². The second-order valence-electron chi connectivity index (χ2n) is 4.43. The molecule has 2 aromatic rings. The van der Waals surface area contributed by atoms with E-state index in [9.17, 15) is 0 Å². The van der Waals surface area contributed by atoms with Crippen molar-refractivity contribution in [1.82, 2.24) is 10.2 Å². The monoisotopic (exact) mass is 246 g/mol. The van der Waals surface area contributed by atoms with E-state index >= 15 is 0 Å². The summed E-state index contributed by atoms with van der Waals surface area (Å²) in [6.45, 7) is 4.69. The third-order valence-electron chi connectivity index (χ3n) is 2.76. The van der Waals surface area contributed by atoms with Crippen LogP contribution in [0.1, 0.15) is 37.3 Å². The Morgan fingerprint density at radius 3 is 2.56 bits per heavy atom. The van der Waals surface area contributed by atoms with E-state index in [0.717, 1.165) is 6.54 Å². The third-order valence-corrected chi connectivity index (χ3v) is 2.76. The fourth-order valence-corrected chi connectivity index (χ4v) is 1.63. The van der Waals surface area contributed by atoms with Crippen LogP contribution in [0.5, 0.6) is 0 Å². The van der Waals surface area contributed by atoms with Crippen LogP contribution in [0.2, 0.25) is 0 Å². The smallest absolute Gasteiger partial charge is 0.315 e. The van der Waals surface area contributed by atoms with Gasteiger partial charge in [0.25, 0.3) is 0 Å². The van der Waals surface area contributed by atoms with E-state index in [-0.39, 0.29) is 6.04 Å². The summed E-state index contributed by atoms with van der Waals surface area (Å²) in [6.07, 6.45) is 0. The lowest BCUT2D eigenvalue weighted by Gasteiger charge is -2.11. The highest BCUT2D eigenvalue weighted by Gasteiger charge is 2.11. The van der Waals surface area contributed by atoms with Crippen LogP contribution in [0.3, 0.4) is 0 Å². The highest BCUT2D eigenvalue weighted by atomic mass is 16.4. The first-order chi connectivity index (χ1) is 8.66. The van der Waals surface area contributed by atoms with Crippen LogP contribution in [0, 0.1) is 0 Å². The normalized spacial score (nSPS) is 14.2. The van der Waals surface area contributed by atoms with Gasteiger partial charge in [-0.3, -0.25) is 0 Å². The first-order valence-corrected chi connectivity index (χ1v) is 6.04. The number of nitrogens with one attached hydrogen (secondary N) is 1. The molecule has 0 aliphatic heterocycles. The molecule has 0 aliphatic carbocycles. The van der Waals surface area contributed by atoms with Gasteiger partial charge in [0.1, 0.15) is 0 Å². The van der Waals surface area contributed by atoms with E-state index in [1.807, 2.05) is 25.1 Å². The second kappa shape index (κ2) is 5.64. The van der Waals surface area contributed by atoms with E-state index in [4.69, 9.17) is 10.2 Å². The molecule has 1 heterocycles. The number of nitrogens with two attached hydrogens (primary N) is 1. The van der Waals surface area contributed by atoms with Crippen molar-refractivity contribution in [1.29, 1.82) is 0 Å². The summed E-state index contributed by atoms with van der Waals surface area (Å²) < 4.78 is 5.37. The van der Waals surface area contributed by atoms with Crippen molar-refractivity contribution >= 4 is 6.01 Å². The average molecular weight is 246 g/mol. The van der Waals surface area contributed by atoms with E-state index < -0.39 is 0 Å². The Morgan fingerprint density at radius 2 is 1.94 bits per heavy atom. The maximum atomic E-state index is 5.65. The zero-order valence-electron chi connectivity index (χ0n) is 10.6. The van der Waals surface area contributed by atoms with Crippen LogP contribution in [0.25, 0.3) is 0 Å². The molecule has 2 unspecified atom stereocenters. The molecule has 1 aromatic carbocycles. The molecule has 0 saturated carbocycles. The molecular weight excluding hydrogens is 228 g/mol. The molecule has 2 rings (SSSR count). The van der Waals surface area contributed by atoms with Gasteiger partial charge in [-0.1, -0.05) is 42.4 Å². The van der Waals surface area contributed by atoms with Crippen LogP contribution in [-0.2, 0) is 0 Å². The Balaban J connectivity index is 1.91. The quantitative estimate of drug-likeness (QED) is 0.846. The fourth-order valence-electron chi connectivity index (χ4n) is 1.63. The van der Waals surface area contributed by atoms with Gasteiger partial charge in [0.15, 0.2) is 0 Å². The predicted octanol–water partition coefficient (Wildman–Crippen LogP) is 2.30. The van der Waals surface area contributed by atoms with Gasteiger partial charge in [-0.25, -0.2) is 0 Å². The maximum Gasteiger partial charge on any atom is 0.315 e. The zero-order valence-corrected chi connectivity index (χ0v) is 10.6. The predicted molar refractivity (Wildman–Crippen MR) is 70.2 cm³/mol. The van der Waals surface area contributed by atoms with Gasteiger partial charge in [0, 0.05) is 6.54 Å². The van der Waals surface area contributed by atoms with Crippen molar-refractivity contribution in [3.05, 3.63) is 41.8 Å². The molecule has 0 spiro atoms. The summed E-state index contributed by atoms with van der Waals surface area (Å²) in [6, 6.07) is 10.5. The summed E-state index contributed by atoms with van der Waals surface area (Å²) in [5.74, 6) is 0.821. The first kappa shape index (κ1) is 12.6. The van der Waals surface area contributed by atoms with Gasteiger partial charge < -0.3 is 15.5 Å². The van der Waals surface area contributed by atoms with Gasteiger partial charge in [-0.2, -0.15) is 0 Å². The van der Waals surface area contributed by atoms with Crippen LogP contribution >= 0.6 is 0 Å². The Bertz CT molecular complexity index is 481. The number of benzene rings is 1. The van der Waals surface area contributed by atoms with Gasteiger partial charge in [0.05, 0.1) is 6.04 Å². The Labute approximate surface area is 106 Å². The van der Waals surface area contributed by atoms with Gasteiger partial charge in [0.2, 0.25) is 5.89 Å². The lowest BCUT2D eigenvalue weighted by Crippen LogP contribution is -2.10. The van der Waals surface area contributed by atoms with Gasteiger partial charge >= 0.3 is 6.01 Å². The zero-order chi connectivity index (χ0) is 13.0. The summed E-state index contributed by atoms with van der Waals surface area (Å²) in [4.78, 5) is 0. The Kier molecular flexibility index (Phi) is 3.94. The number of hydrogen-bond donors (Lipinski definition) is 2. The number of nitrogens with zero attached hydrogens (tertiary/aromatic N) is 2. The summed E-state index contributed by atoms with van der Waals surface area (Å²) in [5.41, 5.74) is 6.92. The van der Waals surface area contributed by atoms with E-state index in [1.165, 1.54) is 5.56 Å². The summed E-state index contributed by atoms with van der Waals surface area (Å²) >= 11 is 0. The Morgan fingerprint density at radius 1 is 1.22 bits per heavy atom. The lowest BCUT2D eigenvalue weighted by molar-refractivity contribution is 0.472. The molecule has 5 nitrogen and oxygen atoms in total. The molecule has 5 heteroatoms. The van der Waals surface area contributed by atoms with Crippen LogP contribution in [0.4, 0.5) is 6.01 Å². The molecule has 0 aliphatic rings.